The highest BCUT2D eigenvalue weighted by Crippen LogP contribution is 2.16. The molecule has 2 amide bonds. The lowest BCUT2D eigenvalue weighted by atomic mass is 10.1. The maximum absolute atomic E-state index is 13.0. The molecule has 1 unspecified atom stereocenters. The second-order valence-electron chi connectivity index (χ2n) is 5.74. The van der Waals surface area contributed by atoms with E-state index in [0.29, 0.717) is 6.54 Å². The molecule has 0 aliphatic carbocycles. The first-order valence-electron chi connectivity index (χ1n) is 8.17. The number of carbonyl (C=O) groups is 1. The summed E-state index contributed by atoms with van der Waals surface area (Å²) in [6, 6.07) is 6.10. The Morgan fingerprint density at radius 3 is 2.65 bits per heavy atom. The summed E-state index contributed by atoms with van der Waals surface area (Å²) in [4.78, 5) is 16.5. The number of nitrogens with one attached hydrogen (secondary N) is 1. The third-order valence-corrected chi connectivity index (χ3v) is 4.29. The van der Waals surface area contributed by atoms with Crippen molar-refractivity contribution in [3.05, 3.63) is 35.6 Å². The van der Waals surface area contributed by atoms with Crippen molar-refractivity contribution in [1.82, 2.24) is 15.1 Å². The first kappa shape index (κ1) is 17.7. The molecule has 1 N–H and O–H groups in total. The Labute approximate surface area is 137 Å². The summed E-state index contributed by atoms with van der Waals surface area (Å²) in [5.74, 6) is -0.280. The van der Waals surface area contributed by atoms with Gasteiger partial charge in [0.25, 0.3) is 0 Å². The highest BCUT2D eigenvalue weighted by atomic mass is 19.1. The van der Waals surface area contributed by atoms with E-state index in [9.17, 15) is 9.18 Å². The summed E-state index contributed by atoms with van der Waals surface area (Å²) in [5.41, 5.74) is 0.849. The maximum atomic E-state index is 13.0. The SMILES string of the molecule is CCN1CCCN(C(=O)NCC(OC)c2ccc(F)cc2)CC1. The van der Waals surface area contributed by atoms with Crippen LogP contribution in [-0.4, -0.2) is 62.2 Å². The van der Waals surface area contributed by atoms with Crippen LogP contribution in [0.4, 0.5) is 9.18 Å². The van der Waals surface area contributed by atoms with Crippen LogP contribution in [0, 0.1) is 5.82 Å². The number of likely N-dealkylation sites (N-methyl/N-ethyl adjacent to an activating group) is 1. The number of hydrogen-bond acceptors (Lipinski definition) is 3. The Kier molecular flexibility index (Phi) is 6.80. The second-order valence-corrected chi connectivity index (χ2v) is 5.74. The summed E-state index contributed by atoms with van der Waals surface area (Å²) < 4.78 is 18.4. The Morgan fingerprint density at radius 1 is 1.26 bits per heavy atom. The zero-order valence-electron chi connectivity index (χ0n) is 13.9. The predicted molar refractivity (Wildman–Crippen MR) is 87.9 cm³/mol. The maximum Gasteiger partial charge on any atom is 0.317 e. The van der Waals surface area contributed by atoms with Crippen molar-refractivity contribution in [2.75, 3.05) is 46.4 Å². The monoisotopic (exact) mass is 323 g/mol. The van der Waals surface area contributed by atoms with Crippen molar-refractivity contribution in [3.63, 3.8) is 0 Å². The van der Waals surface area contributed by atoms with E-state index in [4.69, 9.17) is 4.74 Å². The molecule has 1 aliphatic rings. The van der Waals surface area contributed by atoms with Gasteiger partial charge in [-0.15, -0.1) is 0 Å². The van der Waals surface area contributed by atoms with Gasteiger partial charge in [0.1, 0.15) is 5.82 Å². The van der Waals surface area contributed by atoms with Crippen molar-refractivity contribution >= 4 is 6.03 Å². The number of nitrogens with zero attached hydrogens (tertiary/aromatic N) is 2. The van der Waals surface area contributed by atoms with Gasteiger partial charge in [-0.3, -0.25) is 0 Å². The van der Waals surface area contributed by atoms with Crippen LogP contribution in [-0.2, 0) is 4.74 Å². The molecular weight excluding hydrogens is 297 g/mol. The van der Waals surface area contributed by atoms with Gasteiger partial charge >= 0.3 is 6.03 Å². The highest BCUT2D eigenvalue weighted by molar-refractivity contribution is 5.74. The molecule has 6 heteroatoms. The van der Waals surface area contributed by atoms with Crippen LogP contribution in [0.2, 0.25) is 0 Å². The van der Waals surface area contributed by atoms with Crippen LogP contribution in [0.1, 0.15) is 25.0 Å². The lowest BCUT2D eigenvalue weighted by molar-refractivity contribution is 0.101. The van der Waals surface area contributed by atoms with E-state index in [2.05, 4.69) is 17.1 Å². The first-order valence-corrected chi connectivity index (χ1v) is 8.17. The molecule has 2 rings (SSSR count). The average molecular weight is 323 g/mol. The minimum atomic E-state index is -0.280. The molecule has 1 aliphatic heterocycles. The lowest BCUT2D eigenvalue weighted by Crippen LogP contribution is -2.43. The predicted octanol–water partition coefficient (Wildman–Crippen LogP) is 2.25. The number of hydrogen-bond donors (Lipinski definition) is 1. The van der Waals surface area contributed by atoms with E-state index in [1.165, 1.54) is 12.1 Å². The van der Waals surface area contributed by atoms with Crippen molar-refractivity contribution in [2.24, 2.45) is 0 Å². The standard InChI is InChI=1S/C17H26FN3O2/c1-3-20-9-4-10-21(12-11-20)17(22)19-13-16(23-2)14-5-7-15(18)8-6-14/h5-8,16H,3-4,9-13H2,1-2H3,(H,19,22). The number of urea groups is 1. The highest BCUT2D eigenvalue weighted by Gasteiger charge is 2.19. The fraction of sp³-hybridized carbons (Fsp3) is 0.588. The van der Waals surface area contributed by atoms with Gasteiger partial charge in [-0.25, -0.2) is 9.18 Å². The Bertz CT molecular complexity index is 495. The minimum Gasteiger partial charge on any atom is -0.375 e. The van der Waals surface area contributed by atoms with Gasteiger partial charge in [-0.2, -0.15) is 0 Å². The summed E-state index contributed by atoms with van der Waals surface area (Å²) in [7, 11) is 1.59. The quantitative estimate of drug-likeness (QED) is 0.904. The van der Waals surface area contributed by atoms with Crippen molar-refractivity contribution in [2.45, 2.75) is 19.4 Å². The molecule has 0 aromatic heterocycles. The fourth-order valence-electron chi connectivity index (χ4n) is 2.80. The van der Waals surface area contributed by atoms with E-state index in [1.54, 1.807) is 19.2 Å². The molecule has 128 valence electrons. The van der Waals surface area contributed by atoms with Crippen molar-refractivity contribution in [1.29, 1.82) is 0 Å². The number of methoxy groups -OCH3 is 1. The zero-order valence-corrected chi connectivity index (χ0v) is 13.9. The molecule has 1 saturated heterocycles. The summed E-state index contributed by atoms with van der Waals surface area (Å²) >= 11 is 0. The number of amides is 2. The summed E-state index contributed by atoms with van der Waals surface area (Å²) in [5, 5.41) is 2.93. The van der Waals surface area contributed by atoms with Gasteiger partial charge in [-0.05, 0) is 37.2 Å². The zero-order chi connectivity index (χ0) is 16.7. The van der Waals surface area contributed by atoms with E-state index < -0.39 is 0 Å². The van der Waals surface area contributed by atoms with Crippen LogP contribution in [0.25, 0.3) is 0 Å². The van der Waals surface area contributed by atoms with Crippen LogP contribution in [0.3, 0.4) is 0 Å². The smallest absolute Gasteiger partial charge is 0.317 e. The van der Waals surface area contributed by atoms with Gasteiger partial charge in [-0.1, -0.05) is 19.1 Å². The van der Waals surface area contributed by atoms with Crippen LogP contribution < -0.4 is 5.32 Å². The molecule has 23 heavy (non-hydrogen) atoms. The molecule has 0 saturated carbocycles. The number of benzene rings is 1. The van der Waals surface area contributed by atoms with Gasteiger partial charge in [0, 0.05) is 33.3 Å². The molecular formula is C17H26FN3O2. The number of rotatable bonds is 5. The molecule has 1 heterocycles. The summed E-state index contributed by atoms with van der Waals surface area (Å²) in [6.45, 7) is 7.00. The van der Waals surface area contributed by atoms with E-state index >= 15 is 0 Å². The normalized spacial score (nSPS) is 17.6. The van der Waals surface area contributed by atoms with Gasteiger partial charge < -0.3 is 19.9 Å². The molecule has 0 spiro atoms. The Morgan fingerprint density at radius 2 is 2.00 bits per heavy atom. The second kappa shape index (κ2) is 8.84. The topological polar surface area (TPSA) is 44.8 Å². The number of halogens is 1. The largest absolute Gasteiger partial charge is 0.375 e. The fourth-order valence-corrected chi connectivity index (χ4v) is 2.80. The third kappa shape index (κ3) is 5.18. The van der Waals surface area contributed by atoms with Crippen LogP contribution in [0.15, 0.2) is 24.3 Å². The van der Waals surface area contributed by atoms with Crippen LogP contribution >= 0.6 is 0 Å². The van der Waals surface area contributed by atoms with E-state index in [0.717, 1.165) is 44.7 Å². The molecule has 1 fully saturated rings. The van der Waals surface area contributed by atoms with Crippen LogP contribution in [0.5, 0.6) is 0 Å². The van der Waals surface area contributed by atoms with Gasteiger partial charge in [0.05, 0.1) is 6.10 Å². The van der Waals surface area contributed by atoms with Gasteiger partial charge in [0.2, 0.25) is 0 Å². The lowest BCUT2D eigenvalue weighted by Gasteiger charge is -2.23. The molecule has 1 aromatic rings. The van der Waals surface area contributed by atoms with E-state index in [1.807, 2.05) is 4.90 Å². The van der Waals surface area contributed by atoms with Crippen molar-refractivity contribution in [3.8, 4) is 0 Å². The minimum absolute atomic E-state index is 0.0629. The molecule has 1 aromatic carbocycles. The molecule has 0 radical (unpaired) electrons. The molecule has 1 atom stereocenters. The third-order valence-electron chi connectivity index (χ3n) is 4.29. The van der Waals surface area contributed by atoms with Crippen molar-refractivity contribution < 1.29 is 13.9 Å². The number of carbonyl (C=O) groups excluding carboxylic acids is 1. The Hall–Kier alpha value is -1.66. The average Bonchev–Trinajstić information content (AvgIpc) is 2.82. The van der Waals surface area contributed by atoms with Gasteiger partial charge in [0.15, 0.2) is 0 Å². The Balaban J connectivity index is 1.85. The molecule has 5 nitrogen and oxygen atoms in total. The molecule has 0 bridgehead atoms. The first-order chi connectivity index (χ1) is 11.1. The number of ether oxygens (including phenoxy) is 1. The van der Waals surface area contributed by atoms with E-state index in [-0.39, 0.29) is 18.0 Å². The summed E-state index contributed by atoms with van der Waals surface area (Å²) in [6.07, 6.45) is 0.714.